The van der Waals surface area contributed by atoms with E-state index >= 15 is 0 Å². The van der Waals surface area contributed by atoms with E-state index < -0.39 is 65.7 Å². The van der Waals surface area contributed by atoms with E-state index in [1.807, 2.05) is 0 Å². The Morgan fingerprint density at radius 1 is 0.816 bits per heavy atom. The van der Waals surface area contributed by atoms with Crippen LogP contribution in [0.2, 0.25) is 0 Å². The molecule has 0 radical (unpaired) electrons. The molecule has 0 fully saturated rings. The number of primary amides is 1. The largest absolute Gasteiger partial charge is 0.481 e. The van der Waals surface area contributed by atoms with Crippen LogP contribution in [0, 0.1) is 5.92 Å². The van der Waals surface area contributed by atoms with Crippen molar-refractivity contribution < 1.29 is 39.0 Å². The van der Waals surface area contributed by atoms with Crippen molar-refractivity contribution in [3.05, 3.63) is 0 Å². The van der Waals surface area contributed by atoms with E-state index in [4.69, 9.17) is 28.0 Å². The van der Waals surface area contributed by atoms with Crippen LogP contribution >= 0.6 is 0 Å². The van der Waals surface area contributed by atoms with Gasteiger partial charge < -0.3 is 49.1 Å². The first-order valence-electron chi connectivity index (χ1n) is 12.1. The summed E-state index contributed by atoms with van der Waals surface area (Å²) in [5.74, 6) is -6.26. The standard InChI is InChI=1S/C22H40N8O8/c1-3-11(2)17(21(37)38)30-20(36)14(7-8-15(24)31)29-19(35)13(5-4-10-27-22(25)26)28-18(34)12(23)6-9-16(32)33/h11-14,17H,3-10,23H2,1-2H3,(H2,24,31)(H,28,34)(H,29,35)(H,30,36)(H,32,33)(H,37,38)(H4,25,26,27). The van der Waals surface area contributed by atoms with Crippen LogP contribution in [-0.4, -0.2) is 82.5 Å². The number of nitrogens with zero attached hydrogens (tertiary/aromatic N) is 1. The average molecular weight is 545 g/mol. The van der Waals surface area contributed by atoms with Crippen LogP contribution in [0.15, 0.2) is 4.99 Å². The molecule has 0 aromatic carbocycles. The van der Waals surface area contributed by atoms with Gasteiger partial charge in [-0.25, -0.2) is 4.79 Å². The number of guanidine groups is 1. The number of nitrogens with one attached hydrogen (secondary N) is 3. The zero-order valence-electron chi connectivity index (χ0n) is 21.6. The van der Waals surface area contributed by atoms with Gasteiger partial charge in [0.05, 0.1) is 6.04 Å². The maximum Gasteiger partial charge on any atom is 0.326 e. The molecule has 0 saturated heterocycles. The van der Waals surface area contributed by atoms with Gasteiger partial charge in [-0.15, -0.1) is 0 Å². The molecular weight excluding hydrogens is 504 g/mol. The van der Waals surface area contributed by atoms with Crippen molar-refractivity contribution in [2.45, 2.75) is 83.0 Å². The van der Waals surface area contributed by atoms with E-state index in [-0.39, 0.29) is 51.0 Å². The number of carboxylic acids is 2. The van der Waals surface area contributed by atoms with Gasteiger partial charge in [0.25, 0.3) is 0 Å². The third kappa shape index (κ3) is 14.0. The molecule has 0 rings (SSSR count). The molecule has 0 saturated carbocycles. The molecule has 0 bridgehead atoms. The van der Waals surface area contributed by atoms with Crippen molar-refractivity contribution in [2.24, 2.45) is 33.8 Å². The third-order valence-electron chi connectivity index (χ3n) is 5.67. The molecule has 0 aliphatic carbocycles. The Labute approximate surface area is 220 Å². The normalized spacial score (nSPS) is 14.6. The maximum absolute atomic E-state index is 13.1. The number of hydrogen-bond donors (Lipinski definition) is 9. The van der Waals surface area contributed by atoms with Crippen molar-refractivity contribution in [2.75, 3.05) is 6.54 Å². The average Bonchev–Trinajstić information content (AvgIpc) is 2.83. The van der Waals surface area contributed by atoms with E-state index in [9.17, 15) is 33.9 Å². The molecular formula is C22H40N8O8. The van der Waals surface area contributed by atoms with Gasteiger partial charge in [-0.05, 0) is 31.6 Å². The zero-order valence-corrected chi connectivity index (χ0v) is 21.6. The SMILES string of the molecule is CCC(C)C(NC(=O)C(CCC(N)=O)NC(=O)C(CCCN=C(N)N)NC(=O)C(N)CCC(=O)O)C(=O)O. The lowest BCUT2D eigenvalue weighted by molar-refractivity contribution is -0.144. The fourth-order valence-corrected chi connectivity index (χ4v) is 3.23. The van der Waals surface area contributed by atoms with Crippen molar-refractivity contribution in [3.8, 4) is 0 Å². The number of amides is 4. The lowest BCUT2D eigenvalue weighted by Gasteiger charge is -2.26. The summed E-state index contributed by atoms with van der Waals surface area (Å²) in [4.78, 5) is 76.0. The number of rotatable bonds is 19. The summed E-state index contributed by atoms with van der Waals surface area (Å²) in [6.45, 7) is 3.50. The minimum atomic E-state index is -1.35. The summed E-state index contributed by atoms with van der Waals surface area (Å²) in [5.41, 5.74) is 21.5. The van der Waals surface area contributed by atoms with Crippen molar-refractivity contribution in [1.82, 2.24) is 16.0 Å². The van der Waals surface area contributed by atoms with Gasteiger partial charge in [0.1, 0.15) is 18.1 Å². The summed E-state index contributed by atoms with van der Waals surface area (Å²) in [7, 11) is 0. The molecule has 0 aliphatic rings. The second-order valence-corrected chi connectivity index (χ2v) is 8.83. The smallest absolute Gasteiger partial charge is 0.326 e. The molecule has 16 nitrogen and oxygen atoms in total. The summed E-state index contributed by atoms with van der Waals surface area (Å²) >= 11 is 0. The summed E-state index contributed by atoms with van der Waals surface area (Å²) in [5, 5.41) is 25.5. The van der Waals surface area contributed by atoms with Crippen LogP contribution in [0.1, 0.15) is 58.8 Å². The molecule has 16 heteroatoms. The lowest BCUT2D eigenvalue weighted by Crippen LogP contribution is -2.57. The molecule has 216 valence electrons. The predicted octanol–water partition coefficient (Wildman–Crippen LogP) is -2.92. The first-order valence-corrected chi connectivity index (χ1v) is 12.1. The minimum absolute atomic E-state index is 0.00871. The second kappa shape index (κ2) is 17.5. The van der Waals surface area contributed by atoms with Crippen molar-refractivity contribution in [3.63, 3.8) is 0 Å². The summed E-state index contributed by atoms with van der Waals surface area (Å²) in [6.07, 6.45) is -0.386. The number of hydrogen-bond acceptors (Lipinski definition) is 8. The van der Waals surface area contributed by atoms with E-state index in [1.54, 1.807) is 13.8 Å². The van der Waals surface area contributed by atoms with E-state index in [0.29, 0.717) is 6.42 Å². The molecule has 0 aliphatic heterocycles. The van der Waals surface area contributed by atoms with Crippen LogP contribution < -0.4 is 38.9 Å². The highest BCUT2D eigenvalue weighted by Crippen LogP contribution is 2.10. The van der Waals surface area contributed by atoms with Gasteiger partial charge in [-0.3, -0.25) is 29.0 Å². The highest BCUT2D eigenvalue weighted by Gasteiger charge is 2.32. The van der Waals surface area contributed by atoms with Gasteiger partial charge >= 0.3 is 11.9 Å². The quantitative estimate of drug-likeness (QED) is 0.0450. The summed E-state index contributed by atoms with van der Waals surface area (Å²) in [6, 6.07) is -5.05. The number of carboxylic acid groups (broad SMARTS) is 2. The number of carbonyl (C=O) groups excluding carboxylic acids is 4. The Balaban J connectivity index is 5.73. The van der Waals surface area contributed by atoms with Crippen molar-refractivity contribution >= 4 is 41.5 Å². The first kappa shape index (κ1) is 34.0. The second-order valence-electron chi connectivity index (χ2n) is 8.83. The summed E-state index contributed by atoms with van der Waals surface area (Å²) < 4.78 is 0. The molecule has 4 amide bonds. The third-order valence-corrected chi connectivity index (χ3v) is 5.67. The van der Waals surface area contributed by atoms with Crippen LogP contribution in [-0.2, 0) is 28.8 Å². The molecule has 38 heavy (non-hydrogen) atoms. The van der Waals surface area contributed by atoms with Crippen LogP contribution in [0.25, 0.3) is 0 Å². The Morgan fingerprint density at radius 2 is 1.37 bits per heavy atom. The van der Waals surface area contributed by atoms with Crippen molar-refractivity contribution in [1.29, 1.82) is 0 Å². The fourth-order valence-electron chi connectivity index (χ4n) is 3.23. The van der Waals surface area contributed by atoms with Crippen LogP contribution in [0.4, 0.5) is 0 Å². The Bertz CT molecular complexity index is 877. The molecule has 0 aromatic rings. The Hall–Kier alpha value is -3.95. The Kier molecular flexibility index (Phi) is 15.7. The lowest BCUT2D eigenvalue weighted by atomic mass is 9.98. The van der Waals surface area contributed by atoms with Gasteiger partial charge in [0, 0.05) is 19.4 Å². The Morgan fingerprint density at radius 3 is 1.87 bits per heavy atom. The topological polar surface area (TPSA) is 295 Å². The molecule has 5 unspecified atom stereocenters. The van der Waals surface area contributed by atoms with E-state index in [0.717, 1.165) is 0 Å². The molecule has 0 heterocycles. The molecule has 0 aromatic heterocycles. The van der Waals surface area contributed by atoms with E-state index in [1.165, 1.54) is 0 Å². The number of aliphatic imine (C=N–C) groups is 1. The fraction of sp³-hybridized carbons (Fsp3) is 0.682. The molecule has 0 spiro atoms. The van der Waals surface area contributed by atoms with Gasteiger partial charge in [-0.2, -0.15) is 0 Å². The van der Waals surface area contributed by atoms with Crippen LogP contribution in [0.5, 0.6) is 0 Å². The zero-order chi connectivity index (χ0) is 29.4. The predicted molar refractivity (Wildman–Crippen MR) is 136 cm³/mol. The van der Waals surface area contributed by atoms with Crippen LogP contribution in [0.3, 0.4) is 0 Å². The van der Waals surface area contributed by atoms with E-state index in [2.05, 4.69) is 20.9 Å². The first-order chi connectivity index (χ1) is 17.7. The number of nitrogens with two attached hydrogens (primary N) is 4. The monoisotopic (exact) mass is 544 g/mol. The highest BCUT2D eigenvalue weighted by atomic mass is 16.4. The highest BCUT2D eigenvalue weighted by molar-refractivity contribution is 5.94. The van der Waals surface area contributed by atoms with Gasteiger partial charge in [0.2, 0.25) is 23.6 Å². The van der Waals surface area contributed by atoms with Gasteiger partial charge in [-0.1, -0.05) is 20.3 Å². The minimum Gasteiger partial charge on any atom is -0.481 e. The number of carbonyl (C=O) groups is 6. The van der Waals surface area contributed by atoms with Gasteiger partial charge in [0.15, 0.2) is 5.96 Å². The number of aliphatic carboxylic acids is 2. The molecule has 13 N–H and O–H groups in total. The maximum atomic E-state index is 13.1. The molecule has 5 atom stereocenters.